The molecule has 0 radical (unpaired) electrons. The second-order valence-electron chi connectivity index (χ2n) is 8.61. The predicted octanol–water partition coefficient (Wildman–Crippen LogP) is 4.05. The third-order valence-corrected chi connectivity index (χ3v) is 6.75. The number of halogens is 2. The molecule has 12 heteroatoms. The molecule has 0 atom stereocenters. The summed E-state index contributed by atoms with van der Waals surface area (Å²) >= 11 is 3.20. The van der Waals surface area contributed by atoms with Gasteiger partial charge in [0.15, 0.2) is 0 Å². The number of aromatic nitrogens is 3. The van der Waals surface area contributed by atoms with Gasteiger partial charge in [0.05, 0.1) is 21.8 Å². The zero-order chi connectivity index (χ0) is 25.9. The van der Waals surface area contributed by atoms with Crippen molar-refractivity contribution in [2.75, 3.05) is 5.32 Å². The molecule has 1 saturated carbocycles. The molecule has 0 unspecified atom stereocenters. The zero-order valence-corrected chi connectivity index (χ0v) is 20.7. The fraction of sp³-hybridized carbons (Fsp3) is 0.208. The Balaban J connectivity index is 1.91. The quantitative estimate of drug-likeness (QED) is 0.293. The number of anilines is 2. The summed E-state index contributed by atoms with van der Waals surface area (Å²) in [4.78, 5) is 51.1. The second kappa shape index (κ2) is 8.55. The van der Waals surface area contributed by atoms with Crippen LogP contribution in [0.15, 0.2) is 61.3 Å². The minimum Gasteiger partial charge on any atom is -0.338 e. The number of non-ortho nitro benzene ring substituents is 1. The third-order valence-electron chi connectivity index (χ3n) is 6.26. The number of rotatable bonds is 5. The number of nitrogens with one attached hydrogen (secondary N) is 1. The number of nitrogens with zero attached hydrogens (tertiary/aromatic N) is 4. The Morgan fingerprint density at radius 1 is 1.08 bits per heavy atom. The molecule has 0 amide bonds. The molecule has 2 aromatic heterocycles. The van der Waals surface area contributed by atoms with E-state index in [9.17, 15) is 28.9 Å². The van der Waals surface area contributed by atoms with Crippen LogP contribution >= 0.6 is 15.9 Å². The predicted molar refractivity (Wildman–Crippen MR) is 136 cm³/mol. The number of pyridine rings is 1. The average molecular weight is 556 g/mol. The van der Waals surface area contributed by atoms with Crippen LogP contribution in [0.1, 0.15) is 24.4 Å². The van der Waals surface area contributed by atoms with Gasteiger partial charge in [0, 0.05) is 35.3 Å². The number of aryl methyl sites for hydroxylation is 1. The molecular formula is C24H19BrFN5O5. The smallest absolute Gasteiger partial charge is 0.336 e. The lowest BCUT2D eigenvalue weighted by Crippen LogP contribution is -2.41. The summed E-state index contributed by atoms with van der Waals surface area (Å²) in [5.41, 5.74) is -1.46. The van der Waals surface area contributed by atoms with Gasteiger partial charge in [-0.3, -0.25) is 33.4 Å². The lowest BCUT2D eigenvalue weighted by molar-refractivity contribution is -0.384. The van der Waals surface area contributed by atoms with Crippen molar-refractivity contribution in [3.8, 4) is 5.69 Å². The highest BCUT2D eigenvalue weighted by atomic mass is 79.9. The van der Waals surface area contributed by atoms with Gasteiger partial charge in [-0.2, -0.15) is 0 Å². The Morgan fingerprint density at radius 2 is 1.75 bits per heavy atom. The molecule has 2 heterocycles. The van der Waals surface area contributed by atoms with E-state index in [1.807, 2.05) is 0 Å². The normalized spacial score (nSPS) is 13.2. The SMILES string of the molecule is Cc1c(=O)n(C)c(Nc2ccc(Br)cc2F)c2c(=O)n(C3CC3)c(=O)n(-c3ccc([N+](=O)[O-])cc3)c12. The number of nitro groups is 1. The molecule has 2 aromatic carbocycles. The van der Waals surface area contributed by atoms with E-state index in [4.69, 9.17) is 0 Å². The number of benzene rings is 2. The van der Waals surface area contributed by atoms with Gasteiger partial charge in [0.1, 0.15) is 17.0 Å². The van der Waals surface area contributed by atoms with E-state index >= 15 is 0 Å². The van der Waals surface area contributed by atoms with Crippen LogP contribution in [0.4, 0.5) is 21.6 Å². The fourth-order valence-corrected chi connectivity index (χ4v) is 4.63. The fourth-order valence-electron chi connectivity index (χ4n) is 4.30. The largest absolute Gasteiger partial charge is 0.338 e. The first kappa shape index (κ1) is 23.7. The Hall–Kier alpha value is -4.06. The highest BCUT2D eigenvalue weighted by Crippen LogP contribution is 2.34. The molecular weight excluding hydrogens is 537 g/mol. The Bertz CT molecular complexity index is 1750. The van der Waals surface area contributed by atoms with Crippen LogP contribution in [0.2, 0.25) is 0 Å². The zero-order valence-electron chi connectivity index (χ0n) is 19.1. The number of hydrogen-bond acceptors (Lipinski definition) is 6. The molecule has 10 nitrogen and oxygen atoms in total. The number of fused-ring (bicyclic) bond motifs is 1. The van der Waals surface area contributed by atoms with Crippen molar-refractivity contribution in [1.29, 1.82) is 0 Å². The molecule has 0 bridgehead atoms. The minimum atomic E-state index is -0.652. The van der Waals surface area contributed by atoms with Gasteiger partial charge in [-0.25, -0.2) is 9.18 Å². The van der Waals surface area contributed by atoms with E-state index in [2.05, 4.69) is 21.2 Å². The first-order valence-electron chi connectivity index (χ1n) is 11.0. The molecule has 0 aliphatic heterocycles. The Morgan fingerprint density at radius 3 is 2.33 bits per heavy atom. The summed E-state index contributed by atoms with van der Waals surface area (Å²) in [5, 5.41) is 14.0. The van der Waals surface area contributed by atoms with Gasteiger partial charge in [-0.1, -0.05) is 15.9 Å². The van der Waals surface area contributed by atoms with Crippen LogP contribution in [0.25, 0.3) is 16.6 Å². The summed E-state index contributed by atoms with van der Waals surface area (Å²) in [6, 6.07) is 9.26. The molecule has 184 valence electrons. The highest BCUT2D eigenvalue weighted by Gasteiger charge is 2.31. The molecule has 0 saturated heterocycles. The number of nitro benzene ring substituents is 1. The molecule has 1 N–H and O–H groups in total. The lowest BCUT2D eigenvalue weighted by Gasteiger charge is -2.20. The average Bonchev–Trinajstić information content (AvgIpc) is 3.67. The van der Waals surface area contributed by atoms with Crippen LogP contribution in [0, 0.1) is 22.9 Å². The first-order valence-corrected chi connectivity index (χ1v) is 11.8. The van der Waals surface area contributed by atoms with Crippen molar-refractivity contribution in [2.24, 2.45) is 7.05 Å². The molecule has 4 aromatic rings. The van der Waals surface area contributed by atoms with Crippen LogP contribution < -0.4 is 22.1 Å². The van der Waals surface area contributed by atoms with E-state index in [0.717, 1.165) is 4.57 Å². The second-order valence-corrected chi connectivity index (χ2v) is 9.52. The summed E-state index contributed by atoms with van der Waals surface area (Å²) in [5.74, 6) is -0.589. The monoisotopic (exact) mass is 555 g/mol. The van der Waals surface area contributed by atoms with E-state index in [-0.39, 0.29) is 45.4 Å². The molecule has 36 heavy (non-hydrogen) atoms. The van der Waals surface area contributed by atoms with Crippen molar-refractivity contribution in [2.45, 2.75) is 25.8 Å². The topological polar surface area (TPSA) is 121 Å². The van der Waals surface area contributed by atoms with Gasteiger partial charge < -0.3 is 5.32 Å². The van der Waals surface area contributed by atoms with Gasteiger partial charge >= 0.3 is 5.69 Å². The van der Waals surface area contributed by atoms with Crippen LogP contribution in [0.3, 0.4) is 0 Å². The third kappa shape index (κ3) is 3.73. The number of hydrogen-bond donors (Lipinski definition) is 1. The van der Waals surface area contributed by atoms with Gasteiger partial charge in [0.25, 0.3) is 16.8 Å². The molecule has 5 rings (SSSR count). The maximum Gasteiger partial charge on any atom is 0.336 e. The van der Waals surface area contributed by atoms with Crippen molar-refractivity contribution in [3.63, 3.8) is 0 Å². The summed E-state index contributed by atoms with van der Waals surface area (Å²) in [6.45, 7) is 1.50. The Labute approximate surface area is 210 Å². The van der Waals surface area contributed by atoms with E-state index in [1.54, 1.807) is 6.07 Å². The minimum absolute atomic E-state index is 0.0249. The Kier molecular flexibility index (Phi) is 5.62. The summed E-state index contributed by atoms with van der Waals surface area (Å²) in [7, 11) is 1.45. The summed E-state index contributed by atoms with van der Waals surface area (Å²) in [6.07, 6.45) is 1.27. The van der Waals surface area contributed by atoms with E-state index < -0.39 is 27.5 Å². The van der Waals surface area contributed by atoms with Gasteiger partial charge in [-0.05, 0) is 50.1 Å². The lowest BCUT2D eigenvalue weighted by atomic mass is 10.1. The maximum atomic E-state index is 14.7. The molecule has 0 spiro atoms. The molecule has 1 aliphatic rings. The van der Waals surface area contributed by atoms with Crippen molar-refractivity contribution >= 4 is 44.0 Å². The van der Waals surface area contributed by atoms with E-state index in [1.165, 1.54) is 59.5 Å². The van der Waals surface area contributed by atoms with Gasteiger partial charge in [0.2, 0.25) is 0 Å². The van der Waals surface area contributed by atoms with Crippen LogP contribution in [-0.4, -0.2) is 18.6 Å². The summed E-state index contributed by atoms with van der Waals surface area (Å²) < 4.78 is 18.8. The van der Waals surface area contributed by atoms with Crippen molar-refractivity contribution in [3.05, 3.63) is 99.6 Å². The van der Waals surface area contributed by atoms with Crippen molar-refractivity contribution in [1.82, 2.24) is 13.7 Å². The standard InChI is InChI=1S/C24H19BrFN5O5/c1-12-20-19(21(28(2)22(12)32)27-18-10-3-13(25)11-17(18)26)23(33)30(15-4-5-15)24(34)29(20)14-6-8-16(9-7-14)31(35)36/h3,6-11,15,27H,4-5H2,1-2H3. The van der Waals surface area contributed by atoms with Crippen molar-refractivity contribution < 1.29 is 9.31 Å². The van der Waals surface area contributed by atoms with E-state index in [0.29, 0.717) is 17.3 Å². The van der Waals surface area contributed by atoms with Gasteiger partial charge in [-0.15, -0.1) is 0 Å². The highest BCUT2D eigenvalue weighted by molar-refractivity contribution is 9.10. The molecule has 1 fully saturated rings. The van der Waals surface area contributed by atoms with Crippen LogP contribution in [-0.2, 0) is 7.05 Å². The first-order chi connectivity index (χ1) is 17.1. The maximum absolute atomic E-state index is 14.7. The molecule has 1 aliphatic carbocycles. The van der Waals surface area contributed by atoms with Crippen LogP contribution in [0.5, 0.6) is 0 Å².